The number of halogens is 4. The monoisotopic (exact) mass is 495 g/mol. The highest BCUT2D eigenvalue weighted by molar-refractivity contribution is 7.99. The Balaban J connectivity index is 1.32. The molecular formula is C22H21ClF3N5OS. The Morgan fingerprint density at radius 2 is 1.79 bits per heavy atom. The first-order chi connectivity index (χ1) is 15.7. The first-order valence-electron chi connectivity index (χ1n) is 10.2. The highest BCUT2D eigenvalue weighted by Crippen LogP contribution is 2.34. The zero-order chi connectivity index (χ0) is 23.6. The number of rotatable bonds is 5. The van der Waals surface area contributed by atoms with Crippen LogP contribution in [0.25, 0.3) is 11.3 Å². The Hall–Kier alpha value is -2.72. The van der Waals surface area contributed by atoms with E-state index >= 15 is 0 Å². The van der Waals surface area contributed by atoms with Gasteiger partial charge in [-0.15, -0.1) is 0 Å². The van der Waals surface area contributed by atoms with Gasteiger partial charge in [0.15, 0.2) is 5.16 Å². The van der Waals surface area contributed by atoms with E-state index in [1.165, 1.54) is 11.8 Å². The summed E-state index contributed by atoms with van der Waals surface area (Å²) < 4.78 is 40.4. The highest BCUT2D eigenvalue weighted by Gasteiger charge is 2.32. The summed E-state index contributed by atoms with van der Waals surface area (Å²) in [5, 5.41) is 0.700. The number of amides is 1. The van der Waals surface area contributed by atoms with Gasteiger partial charge in [0.2, 0.25) is 5.91 Å². The predicted molar refractivity (Wildman–Crippen MR) is 122 cm³/mol. The second-order valence-electron chi connectivity index (χ2n) is 7.53. The number of aromatic nitrogens is 3. The first-order valence-corrected chi connectivity index (χ1v) is 11.6. The van der Waals surface area contributed by atoms with Gasteiger partial charge in [0.1, 0.15) is 5.82 Å². The number of nitrogens with zero attached hydrogens (tertiary/aromatic N) is 5. The summed E-state index contributed by atoms with van der Waals surface area (Å²) in [5.41, 5.74) is 1.14. The van der Waals surface area contributed by atoms with E-state index in [1.807, 2.05) is 41.9 Å². The second kappa shape index (κ2) is 9.64. The fourth-order valence-electron chi connectivity index (χ4n) is 3.61. The second-order valence-corrected chi connectivity index (χ2v) is 8.88. The maximum Gasteiger partial charge on any atom is 0.417 e. The third kappa shape index (κ3) is 5.27. The highest BCUT2D eigenvalue weighted by atomic mass is 35.5. The molecule has 1 aliphatic heterocycles. The lowest BCUT2D eigenvalue weighted by Crippen LogP contribution is -2.49. The number of piperazine rings is 1. The van der Waals surface area contributed by atoms with Gasteiger partial charge in [-0.1, -0.05) is 53.7 Å². The van der Waals surface area contributed by atoms with Crippen LogP contribution in [-0.2, 0) is 18.0 Å². The molecule has 0 radical (unpaired) electrons. The Bertz CT molecular complexity index is 1130. The lowest BCUT2D eigenvalue weighted by Gasteiger charge is -2.35. The summed E-state index contributed by atoms with van der Waals surface area (Å²) in [7, 11) is 1.92. The van der Waals surface area contributed by atoms with Crippen molar-refractivity contribution in [2.75, 3.05) is 36.8 Å². The van der Waals surface area contributed by atoms with Crippen LogP contribution in [0.15, 0.2) is 53.9 Å². The Kier molecular flexibility index (Phi) is 6.85. The number of carbonyl (C=O) groups is 1. The molecule has 1 fully saturated rings. The van der Waals surface area contributed by atoms with E-state index < -0.39 is 11.7 Å². The van der Waals surface area contributed by atoms with Crippen molar-refractivity contribution in [1.82, 2.24) is 19.4 Å². The van der Waals surface area contributed by atoms with E-state index in [1.54, 1.807) is 16.0 Å². The number of alkyl halides is 3. The first kappa shape index (κ1) is 23.4. The summed E-state index contributed by atoms with van der Waals surface area (Å²) >= 11 is 7.42. The summed E-state index contributed by atoms with van der Waals surface area (Å²) in [6.45, 7) is 1.76. The largest absolute Gasteiger partial charge is 0.417 e. The number of imidazole rings is 1. The molecule has 0 atom stereocenters. The van der Waals surface area contributed by atoms with E-state index in [9.17, 15) is 18.0 Å². The van der Waals surface area contributed by atoms with Crippen molar-refractivity contribution in [1.29, 1.82) is 0 Å². The fourth-order valence-corrected chi connectivity index (χ4v) is 4.75. The number of carbonyl (C=O) groups excluding carboxylic acids is 1. The van der Waals surface area contributed by atoms with E-state index in [0.717, 1.165) is 28.7 Å². The maximum absolute atomic E-state index is 12.8. The van der Waals surface area contributed by atoms with Gasteiger partial charge in [0.05, 0.1) is 28.2 Å². The molecule has 4 rings (SSSR count). The summed E-state index contributed by atoms with van der Waals surface area (Å²) in [5.74, 6) is 0.529. The SMILES string of the molecule is Cn1c(-c2ccccc2)cnc1SCC(=O)N1CCN(c2ncc(C(F)(F)F)cc2Cl)CC1. The van der Waals surface area contributed by atoms with Gasteiger partial charge < -0.3 is 14.4 Å². The fraction of sp³-hybridized carbons (Fsp3) is 0.318. The van der Waals surface area contributed by atoms with Crippen LogP contribution in [0.2, 0.25) is 5.02 Å². The number of pyridine rings is 1. The Morgan fingerprint density at radius 3 is 2.42 bits per heavy atom. The van der Waals surface area contributed by atoms with E-state index in [2.05, 4.69) is 9.97 Å². The van der Waals surface area contributed by atoms with Crippen molar-refractivity contribution in [2.24, 2.45) is 7.05 Å². The number of hydrogen-bond donors (Lipinski definition) is 0. The standard InChI is InChI=1S/C22H21ClF3N5OS/c1-29-18(15-5-3-2-4-6-15)13-28-21(29)33-14-19(32)30-7-9-31(10-8-30)20-17(23)11-16(12-27-20)22(24,25)26/h2-6,11-13H,7-10,14H2,1H3. The molecule has 1 aliphatic rings. The molecule has 0 aliphatic carbocycles. The van der Waals surface area contributed by atoms with Crippen LogP contribution >= 0.6 is 23.4 Å². The molecule has 1 saturated heterocycles. The summed E-state index contributed by atoms with van der Waals surface area (Å²) in [4.78, 5) is 24.6. The smallest absolute Gasteiger partial charge is 0.352 e. The minimum absolute atomic E-state index is 0.0182. The van der Waals surface area contributed by atoms with Gasteiger partial charge in [-0.3, -0.25) is 4.79 Å². The predicted octanol–water partition coefficient (Wildman–Crippen LogP) is 4.60. The van der Waals surface area contributed by atoms with Crippen LogP contribution < -0.4 is 4.90 Å². The molecule has 0 spiro atoms. The number of hydrogen-bond acceptors (Lipinski definition) is 5. The molecule has 174 valence electrons. The lowest BCUT2D eigenvalue weighted by atomic mass is 10.2. The van der Waals surface area contributed by atoms with Crippen molar-refractivity contribution in [2.45, 2.75) is 11.3 Å². The van der Waals surface area contributed by atoms with E-state index in [4.69, 9.17) is 11.6 Å². The maximum atomic E-state index is 12.8. The van der Waals surface area contributed by atoms with Gasteiger partial charge in [-0.05, 0) is 11.6 Å². The minimum atomic E-state index is -4.49. The molecule has 0 unspecified atom stereocenters. The van der Waals surface area contributed by atoms with Crippen molar-refractivity contribution in [3.05, 3.63) is 59.4 Å². The Morgan fingerprint density at radius 1 is 1.09 bits per heavy atom. The molecule has 2 aromatic heterocycles. The molecule has 0 bridgehead atoms. The molecule has 6 nitrogen and oxygen atoms in total. The van der Waals surface area contributed by atoms with Crippen molar-refractivity contribution in [3.63, 3.8) is 0 Å². The van der Waals surface area contributed by atoms with Gasteiger partial charge in [-0.2, -0.15) is 13.2 Å². The van der Waals surface area contributed by atoms with Gasteiger partial charge in [-0.25, -0.2) is 9.97 Å². The molecule has 0 N–H and O–H groups in total. The number of thioether (sulfide) groups is 1. The molecule has 33 heavy (non-hydrogen) atoms. The van der Waals surface area contributed by atoms with Crippen LogP contribution in [0.3, 0.4) is 0 Å². The van der Waals surface area contributed by atoms with Crippen LogP contribution in [0.5, 0.6) is 0 Å². The Labute approximate surface area is 198 Å². The van der Waals surface area contributed by atoms with Crippen LogP contribution in [0.4, 0.5) is 19.0 Å². The average molecular weight is 496 g/mol. The topological polar surface area (TPSA) is 54.3 Å². The average Bonchev–Trinajstić information content (AvgIpc) is 3.17. The van der Waals surface area contributed by atoms with Gasteiger partial charge in [0, 0.05) is 39.4 Å². The third-order valence-corrected chi connectivity index (χ3v) is 6.73. The number of anilines is 1. The molecule has 3 aromatic rings. The molecule has 1 amide bonds. The molecular weight excluding hydrogens is 475 g/mol. The van der Waals surface area contributed by atoms with Crippen molar-refractivity contribution < 1.29 is 18.0 Å². The normalized spacial score (nSPS) is 14.6. The van der Waals surface area contributed by atoms with Crippen molar-refractivity contribution in [3.8, 4) is 11.3 Å². The minimum Gasteiger partial charge on any atom is -0.352 e. The van der Waals surface area contributed by atoms with Gasteiger partial charge >= 0.3 is 6.18 Å². The summed E-state index contributed by atoms with van der Waals surface area (Å²) in [6.07, 6.45) is -1.92. The number of benzene rings is 1. The van der Waals surface area contributed by atoms with Crippen molar-refractivity contribution >= 4 is 35.1 Å². The quantitative estimate of drug-likeness (QED) is 0.484. The van der Waals surface area contributed by atoms with Crippen LogP contribution in [0.1, 0.15) is 5.56 Å². The summed E-state index contributed by atoms with van der Waals surface area (Å²) in [6, 6.07) is 10.8. The molecule has 11 heteroatoms. The van der Waals surface area contributed by atoms with E-state index in [-0.39, 0.29) is 16.7 Å². The van der Waals surface area contributed by atoms with Gasteiger partial charge in [0.25, 0.3) is 0 Å². The van der Waals surface area contributed by atoms with Crippen LogP contribution in [-0.4, -0.2) is 57.3 Å². The third-order valence-electron chi connectivity index (χ3n) is 5.42. The zero-order valence-corrected chi connectivity index (χ0v) is 19.3. The van der Waals surface area contributed by atoms with E-state index in [0.29, 0.717) is 32.0 Å². The molecule has 1 aromatic carbocycles. The molecule has 3 heterocycles. The molecule has 0 saturated carbocycles. The zero-order valence-electron chi connectivity index (χ0n) is 17.7. The lowest BCUT2D eigenvalue weighted by molar-refractivity contribution is -0.137. The van der Waals surface area contributed by atoms with Crippen LogP contribution in [0, 0.1) is 0 Å².